The predicted molar refractivity (Wildman–Crippen MR) is 68.6 cm³/mol. The molecule has 88 valence electrons. The molecule has 2 heteroatoms. The van der Waals surface area contributed by atoms with Gasteiger partial charge in [0.25, 0.3) is 0 Å². The van der Waals surface area contributed by atoms with Gasteiger partial charge in [-0.2, -0.15) is 0 Å². The van der Waals surface area contributed by atoms with E-state index in [1.165, 1.54) is 22.3 Å². The molecule has 16 heavy (non-hydrogen) atoms. The molecule has 0 spiro atoms. The first-order valence-electron chi connectivity index (χ1n) is 6.02. The fraction of sp³-hybridized carbons (Fsp3) is 0.571. The number of nitrogens with one attached hydrogen (secondary N) is 1. The highest BCUT2D eigenvalue weighted by Crippen LogP contribution is 2.45. The molecule has 1 atom stereocenters. The van der Waals surface area contributed by atoms with Crippen LogP contribution in [-0.4, -0.2) is 12.6 Å². The molecule has 0 aliphatic heterocycles. The van der Waals surface area contributed by atoms with E-state index in [2.05, 4.69) is 38.2 Å². The number of hydrogen-bond donors (Lipinski definition) is 2. The second-order valence-electron chi connectivity index (χ2n) is 5.27. The Morgan fingerprint density at radius 2 is 1.69 bits per heavy atom. The molecule has 0 amide bonds. The third kappa shape index (κ3) is 1.87. The van der Waals surface area contributed by atoms with Crippen LogP contribution in [0.1, 0.15) is 41.1 Å². The summed E-state index contributed by atoms with van der Waals surface area (Å²) < 4.78 is 0. The van der Waals surface area contributed by atoms with Crippen LogP contribution in [0.15, 0.2) is 12.1 Å². The summed E-state index contributed by atoms with van der Waals surface area (Å²) in [6.07, 6.45) is 2.26. The van der Waals surface area contributed by atoms with Crippen LogP contribution in [0.2, 0.25) is 0 Å². The van der Waals surface area contributed by atoms with E-state index in [4.69, 9.17) is 5.73 Å². The molecule has 1 fully saturated rings. The van der Waals surface area contributed by atoms with E-state index in [1.807, 2.05) is 7.05 Å². The minimum absolute atomic E-state index is 0.0144. The monoisotopic (exact) mass is 218 g/mol. The van der Waals surface area contributed by atoms with E-state index in [-0.39, 0.29) is 5.54 Å². The molecule has 1 aliphatic rings. The second-order valence-corrected chi connectivity index (χ2v) is 5.27. The quantitative estimate of drug-likeness (QED) is 0.817. The lowest BCUT2D eigenvalue weighted by Crippen LogP contribution is -2.39. The number of hydrogen-bond acceptors (Lipinski definition) is 2. The van der Waals surface area contributed by atoms with Crippen molar-refractivity contribution in [2.45, 2.75) is 45.2 Å². The minimum atomic E-state index is -0.0144. The van der Waals surface area contributed by atoms with Gasteiger partial charge in [-0.15, -0.1) is 0 Å². The number of nitrogens with two attached hydrogens (primary N) is 1. The van der Waals surface area contributed by atoms with Crippen LogP contribution < -0.4 is 11.1 Å². The fourth-order valence-electron chi connectivity index (χ4n) is 2.80. The van der Waals surface area contributed by atoms with Crippen molar-refractivity contribution in [3.05, 3.63) is 34.4 Å². The van der Waals surface area contributed by atoms with Gasteiger partial charge >= 0.3 is 0 Å². The maximum Gasteiger partial charge on any atom is 0.0505 e. The molecule has 2 rings (SSSR count). The van der Waals surface area contributed by atoms with Gasteiger partial charge in [-0.25, -0.2) is 0 Å². The van der Waals surface area contributed by atoms with Gasteiger partial charge in [0.05, 0.1) is 6.04 Å². The highest BCUT2D eigenvalue weighted by molar-refractivity contribution is 5.42. The van der Waals surface area contributed by atoms with Crippen molar-refractivity contribution in [2.75, 3.05) is 7.05 Å². The van der Waals surface area contributed by atoms with E-state index < -0.39 is 0 Å². The van der Waals surface area contributed by atoms with Crippen molar-refractivity contribution in [1.82, 2.24) is 5.32 Å². The molecular weight excluding hydrogens is 196 g/mol. The lowest BCUT2D eigenvalue weighted by atomic mass is 9.89. The fourth-order valence-corrected chi connectivity index (χ4v) is 2.80. The Hall–Kier alpha value is -0.860. The second kappa shape index (κ2) is 3.86. The molecule has 0 aromatic heterocycles. The van der Waals surface area contributed by atoms with Crippen molar-refractivity contribution in [3.8, 4) is 0 Å². The van der Waals surface area contributed by atoms with Crippen molar-refractivity contribution < 1.29 is 0 Å². The van der Waals surface area contributed by atoms with Crippen molar-refractivity contribution in [2.24, 2.45) is 5.73 Å². The SMILES string of the molecule is CNC(c1c(C)cc(C)cc1C)C1(N)CC1. The summed E-state index contributed by atoms with van der Waals surface area (Å²) in [5.41, 5.74) is 11.8. The molecule has 1 saturated carbocycles. The van der Waals surface area contributed by atoms with Gasteiger partial charge in [-0.05, 0) is 57.4 Å². The Morgan fingerprint density at radius 1 is 1.19 bits per heavy atom. The predicted octanol–water partition coefficient (Wildman–Crippen LogP) is 2.36. The number of likely N-dealkylation sites (N-methyl/N-ethyl adjacent to an activating group) is 1. The summed E-state index contributed by atoms with van der Waals surface area (Å²) in [5, 5.41) is 3.40. The van der Waals surface area contributed by atoms with Gasteiger partial charge in [0.15, 0.2) is 0 Å². The van der Waals surface area contributed by atoms with E-state index in [9.17, 15) is 0 Å². The van der Waals surface area contributed by atoms with E-state index in [0.717, 1.165) is 12.8 Å². The molecule has 2 nitrogen and oxygen atoms in total. The molecule has 1 aliphatic carbocycles. The number of aryl methyl sites for hydroxylation is 3. The number of rotatable bonds is 3. The average Bonchev–Trinajstić information content (AvgIpc) is 2.90. The van der Waals surface area contributed by atoms with Crippen LogP contribution in [0.5, 0.6) is 0 Å². The smallest absolute Gasteiger partial charge is 0.0505 e. The largest absolute Gasteiger partial charge is 0.323 e. The van der Waals surface area contributed by atoms with Crippen LogP contribution >= 0.6 is 0 Å². The Labute approximate surface area is 98.2 Å². The Balaban J connectivity index is 2.46. The van der Waals surface area contributed by atoms with Crippen LogP contribution in [0, 0.1) is 20.8 Å². The third-order valence-corrected chi connectivity index (χ3v) is 3.72. The summed E-state index contributed by atoms with van der Waals surface area (Å²) in [6, 6.07) is 4.80. The lowest BCUT2D eigenvalue weighted by Gasteiger charge is -2.27. The minimum Gasteiger partial charge on any atom is -0.323 e. The summed E-state index contributed by atoms with van der Waals surface area (Å²) in [6.45, 7) is 6.52. The van der Waals surface area contributed by atoms with Crippen LogP contribution in [-0.2, 0) is 0 Å². The first-order valence-corrected chi connectivity index (χ1v) is 6.02. The third-order valence-electron chi connectivity index (χ3n) is 3.72. The molecule has 3 N–H and O–H groups in total. The molecule has 0 radical (unpaired) electrons. The molecular formula is C14H22N2. The molecule has 1 unspecified atom stereocenters. The zero-order valence-electron chi connectivity index (χ0n) is 10.7. The lowest BCUT2D eigenvalue weighted by molar-refractivity contribution is 0.458. The number of benzene rings is 1. The molecule has 1 aromatic carbocycles. The Morgan fingerprint density at radius 3 is 2.06 bits per heavy atom. The molecule has 0 heterocycles. The van der Waals surface area contributed by atoms with Crippen molar-refractivity contribution in [1.29, 1.82) is 0 Å². The summed E-state index contributed by atoms with van der Waals surface area (Å²) in [4.78, 5) is 0. The van der Waals surface area contributed by atoms with Crippen LogP contribution in [0.3, 0.4) is 0 Å². The van der Waals surface area contributed by atoms with E-state index in [0.29, 0.717) is 6.04 Å². The van der Waals surface area contributed by atoms with Crippen molar-refractivity contribution in [3.63, 3.8) is 0 Å². The highest BCUT2D eigenvalue weighted by atomic mass is 15.0. The van der Waals surface area contributed by atoms with Gasteiger partial charge in [0.1, 0.15) is 0 Å². The van der Waals surface area contributed by atoms with Gasteiger partial charge in [0, 0.05) is 5.54 Å². The Kier molecular flexibility index (Phi) is 2.81. The van der Waals surface area contributed by atoms with E-state index >= 15 is 0 Å². The van der Waals surface area contributed by atoms with E-state index in [1.54, 1.807) is 0 Å². The first kappa shape index (κ1) is 11.6. The van der Waals surface area contributed by atoms with Gasteiger partial charge in [0.2, 0.25) is 0 Å². The summed E-state index contributed by atoms with van der Waals surface area (Å²) in [7, 11) is 2.01. The molecule has 0 saturated heterocycles. The molecule has 1 aromatic rings. The maximum absolute atomic E-state index is 6.35. The highest BCUT2D eigenvalue weighted by Gasteiger charge is 2.46. The standard InChI is InChI=1S/C14H22N2/c1-9-7-10(2)12(11(3)8-9)13(16-4)14(15)5-6-14/h7-8,13,16H,5-6,15H2,1-4H3. The van der Waals surface area contributed by atoms with Crippen LogP contribution in [0.25, 0.3) is 0 Å². The summed E-state index contributed by atoms with van der Waals surface area (Å²) >= 11 is 0. The van der Waals surface area contributed by atoms with Crippen molar-refractivity contribution >= 4 is 0 Å². The zero-order valence-corrected chi connectivity index (χ0v) is 10.7. The average molecular weight is 218 g/mol. The van der Waals surface area contributed by atoms with Crippen LogP contribution in [0.4, 0.5) is 0 Å². The maximum atomic E-state index is 6.35. The molecule has 0 bridgehead atoms. The van der Waals surface area contributed by atoms with Gasteiger partial charge in [-0.1, -0.05) is 17.7 Å². The van der Waals surface area contributed by atoms with Gasteiger partial charge in [-0.3, -0.25) is 0 Å². The normalized spacial score (nSPS) is 19.6. The zero-order chi connectivity index (χ0) is 11.9. The Bertz CT molecular complexity index is 382. The van der Waals surface area contributed by atoms with Gasteiger partial charge < -0.3 is 11.1 Å². The first-order chi connectivity index (χ1) is 7.48. The topological polar surface area (TPSA) is 38.0 Å². The summed E-state index contributed by atoms with van der Waals surface area (Å²) in [5.74, 6) is 0.